The van der Waals surface area contributed by atoms with Crippen LogP contribution in [0.4, 0.5) is 18.0 Å². The van der Waals surface area contributed by atoms with Gasteiger partial charge in [0.1, 0.15) is 12.6 Å². The molecule has 1 aliphatic heterocycles. The second kappa shape index (κ2) is 5.64. The molecule has 2 N–H and O–H groups in total. The smallest absolute Gasteiger partial charge is 0.406 e. The van der Waals surface area contributed by atoms with Crippen LogP contribution in [0.2, 0.25) is 0 Å². The Balaban J connectivity index is 2.81. The minimum Gasteiger partial charge on any atom is -0.480 e. The number of alkyl halides is 3. The van der Waals surface area contributed by atoms with Gasteiger partial charge in [-0.05, 0) is 6.92 Å². The van der Waals surface area contributed by atoms with E-state index in [4.69, 9.17) is 5.11 Å². The monoisotopic (exact) mass is 284 g/mol. The van der Waals surface area contributed by atoms with Crippen molar-refractivity contribution >= 4 is 12.0 Å². The first-order chi connectivity index (χ1) is 8.65. The van der Waals surface area contributed by atoms with Crippen LogP contribution in [0.25, 0.3) is 0 Å². The number of β-amino-alcohol motifs (C(OH)–C–C–N with tert-alkyl or cyclic N) is 1. The van der Waals surface area contributed by atoms with E-state index in [0.29, 0.717) is 4.90 Å². The van der Waals surface area contributed by atoms with Gasteiger partial charge in [0.25, 0.3) is 0 Å². The lowest BCUT2D eigenvalue weighted by atomic mass is 10.2. The highest BCUT2D eigenvalue weighted by molar-refractivity contribution is 5.83. The maximum Gasteiger partial charge on any atom is 0.406 e. The van der Waals surface area contributed by atoms with E-state index in [-0.39, 0.29) is 19.5 Å². The van der Waals surface area contributed by atoms with E-state index in [1.165, 1.54) is 6.92 Å². The molecule has 19 heavy (non-hydrogen) atoms. The van der Waals surface area contributed by atoms with Crippen molar-refractivity contribution in [2.24, 2.45) is 0 Å². The first kappa shape index (κ1) is 15.5. The summed E-state index contributed by atoms with van der Waals surface area (Å²) in [6.45, 7) is -0.547. The van der Waals surface area contributed by atoms with Gasteiger partial charge in [0.05, 0.1) is 6.10 Å². The van der Waals surface area contributed by atoms with Crippen molar-refractivity contribution in [3.8, 4) is 0 Å². The number of hydrogen-bond donors (Lipinski definition) is 2. The molecule has 1 saturated heterocycles. The van der Waals surface area contributed by atoms with E-state index in [0.717, 1.165) is 4.90 Å². The number of nitrogens with zero attached hydrogens (tertiary/aromatic N) is 2. The summed E-state index contributed by atoms with van der Waals surface area (Å²) in [7, 11) is 0. The zero-order chi connectivity index (χ0) is 14.8. The number of halogens is 3. The number of carboxylic acids is 1. The van der Waals surface area contributed by atoms with Gasteiger partial charge >= 0.3 is 18.2 Å². The molecule has 1 rings (SSSR count). The molecule has 0 aromatic rings. The van der Waals surface area contributed by atoms with Gasteiger partial charge in [-0.2, -0.15) is 13.2 Å². The van der Waals surface area contributed by atoms with E-state index < -0.39 is 36.9 Å². The van der Waals surface area contributed by atoms with Crippen LogP contribution in [-0.4, -0.2) is 70.0 Å². The third kappa shape index (κ3) is 3.98. The summed E-state index contributed by atoms with van der Waals surface area (Å²) in [6.07, 6.45) is -5.76. The number of hydrogen-bond acceptors (Lipinski definition) is 3. The number of rotatable bonds is 3. The number of aliphatic hydroxyl groups is 1. The summed E-state index contributed by atoms with van der Waals surface area (Å²) < 4.78 is 36.9. The fourth-order valence-electron chi connectivity index (χ4n) is 1.97. The Bertz CT molecular complexity index is 361. The highest BCUT2D eigenvalue weighted by Crippen LogP contribution is 2.22. The molecule has 0 radical (unpaired) electrons. The molecule has 1 fully saturated rings. The third-order valence-electron chi connectivity index (χ3n) is 2.83. The number of carbonyl (C=O) groups is 2. The molecule has 0 aromatic heterocycles. The number of amides is 2. The van der Waals surface area contributed by atoms with Crippen LogP contribution >= 0.6 is 0 Å². The summed E-state index contributed by atoms with van der Waals surface area (Å²) >= 11 is 0. The van der Waals surface area contributed by atoms with Gasteiger partial charge in [0.2, 0.25) is 0 Å². The topological polar surface area (TPSA) is 81.1 Å². The molecule has 1 unspecified atom stereocenters. The van der Waals surface area contributed by atoms with E-state index in [2.05, 4.69) is 0 Å². The number of urea groups is 1. The molecule has 6 nitrogen and oxygen atoms in total. The molecule has 110 valence electrons. The van der Waals surface area contributed by atoms with Gasteiger partial charge in [0.15, 0.2) is 0 Å². The van der Waals surface area contributed by atoms with Crippen molar-refractivity contribution in [2.45, 2.75) is 31.7 Å². The molecule has 0 bridgehead atoms. The van der Waals surface area contributed by atoms with Crippen LogP contribution in [0.3, 0.4) is 0 Å². The first-order valence-corrected chi connectivity index (χ1v) is 5.69. The molecule has 0 aliphatic carbocycles. The Morgan fingerprint density at radius 2 is 2.00 bits per heavy atom. The van der Waals surface area contributed by atoms with Crippen LogP contribution < -0.4 is 0 Å². The molecular weight excluding hydrogens is 269 g/mol. The van der Waals surface area contributed by atoms with Crippen LogP contribution in [0.15, 0.2) is 0 Å². The van der Waals surface area contributed by atoms with E-state index in [1.54, 1.807) is 0 Å². The second-order valence-corrected chi connectivity index (χ2v) is 4.31. The number of aliphatic carboxylic acids is 1. The SMILES string of the molecule is CCN(CC(F)(F)F)C(=O)N1CC(O)C[C@H]1C(=O)O. The Labute approximate surface area is 107 Å². The zero-order valence-corrected chi connectivity index (χ0v) is 10.2. The largest absolute Gasteiger partial charge is 0.480 e. The van der Waals surface area contributed by atoms with Gasteiger partial charge in [-0.3, -0.25) is 0 Å². The number of aliphatic hydroxyl groups excluding tert-OH is 1. The van der Waals surface area contributed by atoms with Gasteiger partial charge < -0.3 is 20.0 Å². The Kier molecular flexibility index (Phi) is 4.61. The lowest BCUT2D eigenvalue weighted by molar-refractivity contribution is -0.143. The van der Waals surface area contributed by atoms with Crippen molar-refractivity contribution in [1.82, 2.24) is 9.80 Å². The minimum atomic E-state index is -4.55. The summed E-state index contributed by atoms with van der Waals surface area (Å²) in [5.41, 5.74) is 0. The quantitative estimate of drug-likeness (QED) is 0.791. The summed E-state index contributed by atoms with van der Waals surface area (Å²) in [6, 6.07) is -2.31. The van der Waals surface area contributed by atoms with Crippen LogP contribution in [0, 0.1) is 0 Å². The molecule has 2 atom stereocenters. The van der Waals surface area contributed by atoms with E-state index in [9.17, 15) is 27.9 Å². The number of likely N-dealkylation sites (tertiary alicyclic amines) is 1. The molecule has 0 saturated carbocycles. The standard InChI is InChI=1S/C10H15F3N2O4/c1-2-14(5-10(11,12)13)9(19)15-4-6(16)3-7(15)8(17)18/h6-7,16H,2-5H2,1H3,(H,17,18)/t6?,7-/m0/s1. The highest BCUT2D eigenvalue weighted by Gasteiger charge is 2.42. The fourth-order valence-corrected chi connectivity index (χ4v) is 1.97. The average Bonchev–Trinajstić information content (AvgIpc) is 2.66. The predicted octanol–water partition coefficient (Wildman–Crippen LogP) is 0.510. The average molecular weight is 284 g/mol. The second-order valence-electron chi connectivity index (χ2n) is 4.31. The summed E-state index contributed by atoms with van der Waals surface area (Å²) in [4.78, 5) is 24.1. The summed E-state index contributed by atoms with van der Waals surface area (Å²) in [5, 5.41) is 18.2. The molecule has 1 aliphatic rings. The Morgan fingerprint density at radius 1 is 1.42 bits per heavy atom. The van der Waals surface area contributed by atoms with Crippen molar-refractivity contribution in [3.05, 3.63) is 0 Å². The van der Waals surface area contributed by atoms with Gasteiger partial charge in [-0.1, -0.05) is 0 Å². The Hall–Kier alpha value is -1.51. The molecule has 1 heterocycles. The van der Waals surface area contributed by atoms with Crippen molar-refractivity contribution in [1.29, 1.82) is 0 Å². The van der Waals surface area contributed by atoms with Gasteiger partial charge in [-0.15, -0.1) is 0 Å². The maximum absolute atomic E-state index is 12.3. The highest BCUT2D eigenvalue weighted by atomic mass is 19.4. The van der Waals surface area contributed by atoms with Crippen molar-refractivity contribution in [2.75, 3.05) is 19.6 Å². The molecular formula is C10H15F3N2O4. The molecule has 2 amide bonds. The Morgan fingerprint density at radius 3 is 2.42 bits per heavy atom. The van der Waals surface area contributed by atoms with E-state index >= 15 is 0 Å². The van der Waals surface area contributed by atoms with Crippen molar-refractivity contribution < 1.29 is 33.0 Å². The predicted molar refractivity (Wildman–Crippen MR) is 57.5 cm³/mol. The molecule has 9 heteroatoms. The normalized spacial score (nSPS) is 23.5. The number of carboxylic acid groups (broad SMARTS) is 1. The van der Waals surface area contributed by atoms with Crippen LogP contribution in [0.5, 0.6) is 0 Å². The van der Waals surface area contributed by atoms with Gasteiger partial charge in [-0.25, -0.2) is 9.59 Å². The van der Waals surface area contributed by atoms with E-state index in [1.807, 2.05) is 0 Å². The van der Waals surface area contributed by atoms with Crippen molar-refractivity contribution in [3.63, 3.8) is 0 Å². The zero-order valence-electron chi connectivity index (χ0n) is 10.2. The lowest BCUT2D eigenvalue weighted by Gasteiger charge is -2.29. The maximum atomic E-state index is 12.3. The van der Waals surface area contributed by atoms with Gasteiger partial charge in [0, 0.05) is 19.5 Å². The third-order valence-corrected chi connectivity index (χ3v) is 2.83. The summed E-state index contributed by atoms with van der Waals surface area (Å²) in [5.74, 6) is -1.34. The minimum absolute atomic E-state index is 0.176. The molecule has 0 spiro atoms. The first-order valence-electron chi connectivity index (χ1n) is 5.69. The van der Waals surface area contributed by atoms with Crippen LogP contribution in [0.1, 0.15) is 13.3 Å². The molecule has 0 aromatic carbocycles. The van der Waals surface area contributed by atoms with Crippen LogP contribution in [-0.2, 0) is 4.79 Å². The lowest BCUT2D eigenvalue weighted by Crippen LogP contribution is -2.50. The fraction of sp³-hybridized carbons (Fsp3) is 0.800. The number of carbonyl (C=O) groups excluding carboxylic acids is 1.